The molecular formula is C11H23NO2. The zero-order chi connectivity index (χ0) is 11.0. The van der Waals surface area contributed by atoms with Crippen molar-refractivity contribution in [2.45, 2.75) is 52.5 Å². The first-order chi connectivity index (χ1) is 6.74. The van der Waals surface area contributed by atoms with Crippen LogP contribution < -0.4 is 5.32 Å². The number of aliphatic carboxylic acids is 1. The molecule has 0 spiro atoms. The van der Waals surface area contributed by atoms with E-state index >= 15 is 0 Å². The number of rotatable bonds is 3. The van der Waals surface area contributed by atoms with Crippen LogP contribution in [-0.2, 0) is 4.79 Å². The molecule has 1 aliphatic carbocycles. The zero-order valence-electron chi connectivity index (χ0n) is 9.55. The number of carbonyl (C=O) groups is 1. The fourth-order valence-electron chi connectivity index (χ4n) is 1.83. The molecule has 0 aromatic heterocycles. The van der Waals surface area contributed by atoms with Crippen molar-refractivity contribution < 1.29 is 9.90 Å². The van der Waals surface area contributed by atoms with Gasteiger partial charge < -0.3 is 10.4 Å². The molecule has 0 aromatic rings. The maximum Gasteiger partial charge on any atom is 0.306 e. The first-order valence-electron chi connectivity index (χ1n) is 5.70. The number of hydrogen-bond donors (Lipinski definition) is 2. The Morgan fingerprint density at radius 2 is 1.79 bits per heavy atom. The number of carboxylic acid groups (broad SMARTS) is 1. The number of carboxylic acids is 1. The van der Waals surface area contributed by atoms with E-state index in [1.807, 2.05) is 13.8 Å². The molecule has 1 rings (SSSR count). The zero-order valence-corrected chi connectivity index (χ0v) is 9.55. The molecule has 0 aromatic carbocycles. The Bertz CT molecular complexity index is 151. The molecule has 1 fully saturated rings. The molecule has 14 heavy (non-hydrogen) atoms. The van der Waals surface area contributed by atoms with Crippen molar-refractivity contribution in [3.05, 3.63) is 0 Å². The SMILES string of the molecule is CC.CCNC1CCC(C(=O)O)CC1. The van der Waals surface area contributed by atoms with E-state index in [-0.39, 0.29) is 5.92 Å². The van der Waals surface area contributed by atoms with Crippen molar-refractivity contribution in [2.75, 3.05) is 6.54 Å². The normalized spacial score (nSPS) is 26.2. The van der Waals surface area contributed by atoms with Crippen LogP contribution in [0.25, 0.3) is 0 Å². The van der Waals surface area contributed by atoms with Gasteiger partial charge in [-0.15, -0.1) is 0 Å². The van der Waals surface area contributed by atoms with Crippen LogP contribution in [0, 0.1) is 5.92 Å². The predicted octanol–water partition coefficient (Wildman–Crippen LogP) is 2.27. The van der Waals surface area contributed by atoms with Crippen molar-refractivity contribution in [1.29, 1.82) is 0 Å². The third kappa shape index (κ3) is 4.61. The molecular weight excluding hydrogens is 178 g/mol. The van der Waals surface area contributed by atoms with Gasteiger partial charge in [0.15, 0.2) is 0 Å². The van der Waals surface area contributed by atoms with Crippen molar-refractivity contribution in [3.8, 4) is 0 Å². The van der Waals surface area contributed by atoms with Gasteiger partial charge in [-0.3, -0.25) is 4.79 Å². The maximum absolute atomic E-state index is 10.6. The predicted molar refractivity (Wildman–Crippen MR) is 58.4 cm³/mol. The summed E-state index contributed by atoms with van der Waals surface area (Å²) in [7, 11) is 0. The van der Waals surface area contributed by atoms with Crippen LogP contribution in [0.3, 0.4) is 0 Å². The second-order valence-corrected chi connectivity index (χ2v) is 3.44. The molecule has 0 amide bonds. The molecule has 3 nitrogen and oxygen atoms in total. The summed E-state index contributed by atoms with van der Waals surface area (Å²) in [6, 6.07) is 0.561. The monoisotopic (exact) mass is 201 g/mol. The van der Waals surface area contributed by atoms with Gasteiger partial charge in [-0.2, -0.15) is 0 Å². The maximum atomic E-state index is 10.6. The van der Waals surface area contributed by atoms with Gasteiger partial charge in [0.1, 0.15) is 0 Å². The Hall–Kier alpha value is -0.570. The molecule has 0 saturated heterocycles. The first-order valence-corrected chi connectivity index (χ1v) is 5.70. The molecule has 1 aliphatic rings. The molecule has 0 atom stereocenters. The minimum absolute atomic E-state index is 0.0834. The minimum Gasteiger partial charge on any atom is -0.481 e. The summed E-state index contributed by atoms with van der Waals surface area (Å²) < 4.78 is 0. The van der Waals surface area contributed by atoms with E-state index in [0.29, 0.717) is 6.04 Å². The summed E-state index contributed by atoms with van der Waals surface area (Å²) in [6.45, 7) is 7.08. The molecule has 0 aliphatic heterocycles. The van der Waals surface area contributed by atoms with E-state index < -0.39 is 5.97 Å². The smallest absolute Gasteiger partial charge is 0.306 e. The van der Waals surface area contributed by atoms with Gasteiger partial charge in [0.25, 0.3) is 0 Å². The lowest BCUT2D eigenvalue weighted by Gasteiger charge is -2.26. The highest BCUT2D eigenvalue weighted by atomic mass is 16.4. The van der Waals surface area contributed by atoms with Crippen LogP contribution in [0.2, 0.25) is 0 Å². The van der Waals surface area contributed by atoms with E-state index in [9.17, 15) is 4.79 Å². The lowest BCUT2D eigenvalue weighted by molar-refractivity contribution is -0.142. The highest BCUT2D eigenvalue weighted by molar-refractivity contribution is 5.70. The lowest BCUT2D eigenvalue weighted by Crippen LogP contribution is -2.34. The molecule has 1 saturated carbocycles. The van der Waals surface area contributed by atoms with E-state index in [0.717, 1.165) is 32.2 Å². The molecule has 0 heterocycles. The van der Waals surface area contributed by atoms with Crippen molar-refractivity contribution in [2.24, 2.45) is 5.92 Å². The lowest BCUT2D eigenvalue weighted by atomic mass is 9.86. The van der Waals surface area contributed by atoms with Crippen LogP contribution in [0.15, 0.2) is 0 Å². The molecule has 0 radical (unpaired) electrons. The van der Waals surface area contributed by atoms with E-state index in [1.54, 1.807) is 0 Å². The molecule has 0 unspecified atom stereocenters. The average Bonchev–Trinajstić information content (AvgIpc) is 2.22. The van der Waals surface area contributed by atoms with E-state index in [1.165, 1.54) is 0 Å². The molecule has 2 N–H and O–H groups in total. The van der Waals surface area contributed by atoms with Gasteiger partial charge in [-0.25, -0.2) is 0 Å². The van der Waals surface area contributed by atoms with E-state index in [2.05, 4.69) is 12.2 Å². The highest BCUT2D eigenvalue weighted by Crippen LogP contribution is 2.24. The van der Waals surface area contributed by atoms with Crippen molar-refractivity contribution in [1.82, 2.24) is 5.32 Å². The fourth-order valence-corrected chi connectivity index (χ4v) is 1.83. The Balaban J connectivity index is 0.000000791. The Morgan fingerprint density at radius 1 is 1.29 bits per heavy atom. The van der Waals surface area contributed by atoms with Crippen molar-refractivity contribution >= 4 is 5.97 Å². The highest BCUT2D eigenvalue weighted by Gasteiger charge is 2.24. The third-order valence-electron chi connectivity index (χ3n) is 2.57. The van der Waals surface area contributed by atoms with Crippen LogP contribution in [-0.4, -0.2) is 23.7 Å². The standard InChI is InChI=1S/C9H17NO2.C2H6/c1-2-10-8-5-3-7(4-6-8)9(11)12;1-2/h7-8,10H,2-6H2,1H3,(H,11,12);1-2H3. The van der Waals surface area contributed by atoms with Gasteiger partial charge in [-0.1, -0.05) is 20.8 Å². The number of hydrogen-bond acceptors (Lipinski definition) is 2. The molecule has 0 bridgehead atoms. The van der Waals surface area contributed by atoms with Crippen LogP contribution in [0.4, 0.5) is 0 Å². The van der Waals surface area contributed by atoms with Gasteiger partial charge in [0.05, 0.1) is 5.92 Å². The number of nitrogens with one attached hydrogen (secondary N) is 1. The topological polar surface area (TPSA) is 49.3 Å². The summed E-state index contributed by atoms with van der Waals surface area (Å²) in [5.74, 6) is -0.704. The Kier molecular flexibility index (Phi) is 7.48. The summed E-state index contributed by atoms with van der Waals surface area (Å²) in [4.78, 5) is 10.6. The van der Waals surface area contributed by atoms with Crippen molar-refractivity contribution in [3.63, 3.8) is 0 Å². The van der Waals surface area contributed by atoms with Gasteiger partial charge in [0.2, 0.25) is 0 Å². The Morgan fingerprint density at radius 3 is 2.14 bits per heavy atom. The molecule has 3 heteroatoms. The third-order valence-corrected chi connectivity index (χ3v) is 2.57. The summed E-state index contributed by atoms with van der Waals surface area (Å²) in [5, 5.41) is 12.1. The minimum atomic E-state index is -0.620. The Labute approximate surface area is 86.9 Å². The summed E-state index contributed by atoms with van der Waals surface area (Å²) >= 11 is 0. The van der Waals surface area contributed by atoms with Crippen LogP contribution in [0.5, 0.6) is 0 Å². The van der Waals surface area contributed by atoms with Gasteiger partial charge in [0, 0.05) is 6.04 Å². The second kappa shape index (κ2) is 7.80. The van der Waals surface area contributed by atoms with Gasteiger partial charge >= 0.3 is 5.97 Å². The van der Waals surface area contributed by atoms with Crippen LogP contribution in [0.1, 0.15) is 46.5 Å². The fraction of sp³-hybridized carbons (Fsp3) is 0.909. The quantitative estimate of drug-likeness (QED) is 0.736. The summed E-state index contributed by atoms with van der Waals surface area (Å²) in [5.41, 5.74) is 0. The second-order valence-electron chi connectivity index (χ2n) is 3.44. The van der Waals surface area contributed by atoms with E-state index in [4.69, 9.17) is 5.11 Å². The largest absolute Gasteiger partial charge is 0.481 e. The van der Waals surface area contributed by atoms with Crippen LogP contribution >= 0.6 is 0 Å². The summed E-state index contributed by atoms with van der Waals surface area (Å²) in [6.07, 6.45) is 3.72. The van der Waals surface area contributed by atoms with Gasteiger partial charge in [-0.05, 0) is 32.2 Å². The molecule has 84 valence electrons. The average molecular weight is 201 g/mol. The first kappa shape index (κ1) is 13.4.